The van der Waals surface area contributed by atoms with Crippen molar-refractivity contribution in [2.75, 3.05) is 7.11 Å². The Labute approximate surface area is 164 Å². The van der Waals surface area contributed by atoms with Crippen LogP contribution in [0.25, 0.3) is 16.9 Å². The van der Waals surface area contributed by atoms with E-state index in [9.17, 15) is 0 Å². The highest BCUT2D eigenvalue weighted by Gasteiger charge is 2.12. The number of methoxy groups -OCH3 is 1. The molecule has 2 heterocycles. The predicted molar refractivity (Wildman–Crippen MR) is 110 cm³/mol. The van der Waals surface area contributed by atoms with E-state index in [-0.39, 0.29) is 0 Å². The molecule has 2 aromatic heterocycles. The van der Waals surface area contributed by atoms with Crippen LogP contribution >= 0.6 is 0 Å². The highest BCUT2D eigenvalue weighted by molar-refractivity contribution is 5.62. The first kappa shape index (κ1) is 17.9. The number of hydrogen-bond acceptors (Lipinski definition) is 4. The van der Waals surface area contributed by atoms with Gasteiger partial charge < -0.3 is 10.1 Å². The van der Waals surface area contributed by atoms with E-state index in [0.717, 1.165) is 34.8 Å². The third kappa shape index (κ3) is 4.10. The fourth-order valence-electron chi connectivity index (χ4n) is 3.12. The van der Waals surface area contributed by atoms with Gasteiger partial charge in [-0.2, -0.15) is 5.10 Å². The molecule has 1 N–H and O–H groups in total. The highest BCUT2D eigenvalue weighted by Crippen LogP contribution is 2.23. The number of nitrogens with zero attached hydrogens (tertiary/aromatic N) is 3. The Morgan fingerprint density at radius 1 is 0.964 bits per heavy atom. The van der Waals surface area contributed by atoms with Gasteiger partial charge in [0.05, 0.1) is 18.5 Å². The monoisotopic (exact) mass is 370 g/mol. The van der Waals surface area contributed by atoms with Crippen molar-refractivity contribution in [1.82, 2.24) is 20.1 Å². The summed E-state index contributed by atoms with van der Waals surface area (Å²) < 4.78 is 7.22. The predicted octanol–water partition coefficient (Wildman–Crippen LogP) is 4.23. The lowest BCUT2D eigenvalue weighted by Crippen LogP contribution is -2.13. The van der Waals surface area contributed by atoms with Crippen LogP contribution in [0.15, 0.2) is 85.3 Å². The molecule has 0 fully saturated rings. The molecule has 0 aliphatic heterocycles. The van der Waals surface area contributed by atoms with Gasteiger partial charge in [-0.25, -0.2) is 4.68 Å². The second kappa shape index (κ2) is 8.50. The number of hydrogen-bond donors (Lipinski definition) is 1. The lowest BCUT2D eigenvalue weighted by Gasteiger charge is -2.07. The third-order valence-electron chi connectivity index (χ3n) is 4.52. The van der Waals surface area contributed by atoms with E-state index in [2.05, 4.69) is 22.6 Å². The molecule has 0 aliphatic rings. The Morgan fingerprint density at radius 3 is 2.64 bits per heavy atom. The van der Waals surface area contributed by atoms with Crippen molar-refractivity contribution in [2.24, 2.45) is 0 Å². The Bertz CT molecular complexity index is 1030. The molecular formula is C23H22N4O. The van der Waals surface area contributed by atoms with Crippen molar-refractivity contribution in [1.29, 1.82) is 0 Å². The number of ether oxygens (including phenoxy) is 1. The minimum Gasteiger partial charge on any atom is -0.497 e. The van der Waals surface area contributed by atoms with Crippen molar-refractivity contribution >= 4 is 0 Å². The molecule has 4 rings (SSSR count). The summed E-state index contributed by atoms with van der Waals surface area (Å²) in [7, 11) is 1.69. The molecule has 140 valence electrons. The van der Waals surface area contributed by atoms with Crippen LogP contribution in [-0.2, 0) is 13.1 Å². The van der Waals surface area contributed by atoms with Gasteiger partial charge in [-0.15, -0.1) is 0 Å². The molecule has 0 amide bonds. The molecular weight excluding hydrogens is 348 g/mol. The number of para-hydroxylation sites is 1. The van der Waals surface area contributed by atoms with Crippen molar-refractivity contribution in [3.05, 3.63) is 96.4 Å². The van der Waals surface area contributed by atoms with E-state index >= 15 is 0 Å². The quantitative estimate of drug-likeness (QED) is 0.529. The molecule has 0 saturated heterocycles. The average Bonchev–Trinajstić information content (AvgIpc) is 3.19. The molecule has 5 heteroatoms. The Balaban J connectivity index is 1.57. The smallest absolute Gasteiger partial charge is 0.119 e. The topological polar surface area (TPSA) is 52.0 Å². The van der Waals surface area contributed by atoms with Crippen LogP contribution in [-0.4, -0.2) is 21.9 Å². The van der Waals surface area contributed by atoms with Gasteiger partial charge in [-0.1, -0.05) is 30.3 Å². The summed E-state index contributed by atoms with van der Waals surface area (Å²) in [6.07, 6.45) is 5.71. The second-order valence-electron chi connectivity index (χ2n) is 6.48. The van der Waals surface area contributed by atoms with E-state index in [0.29, 0.717) is 6.54 Å². The summed E-state index contributed by atoms with van der Waals surface area (Å²) in [6, 6.07) is 22.2. The summed E-state index contributed by atoms with van der Waals surface area (Å²) >= 11 is 0. The molecule has 0 atom stereocenters. The summed E-state index contributed by atoms with van der Waals surface area (Å²) in [5, 5.41) is 8.34. The third-order valence-corrected chi connectivity index (χ3v) is 4.52. The first-order valence-electron chi connectivity index (χ1n) is 9.21. The van der Waals surface area contributed by atoms with E-state index < -0.39 is 0 Å². The maximum atomic E-state index is 5.30. The van der Waals surface area contributed by atoms with Crippen molar-refractivity contribution in [2.45, 2.75) is 13.1 Å². The van der Waals surface area contributed by atoms with Crippen LogP contribution in [0.3, 0.4) is 0 Å². The zero-order chi connectivity index (χ0) is 19.2. The lowest BCUT2D eigenvalue weighted by atomic mass is 10.1. The lowest BCUT2D eigenvalue weighted by molar-refractivity contribution is 0.414. The van der Waals surface area contributed by atoms with Crippen LogP contribution in [0.5, 0.6) is 5.75 Å². The number of aromatic nitrogens is 3. The van der Waals surface area contributed by atoms with Gasteiger partial charge in [-0.3, -0.25) is 4.98 Å². The molecule has 4 aromatic rings. The molecule has 0 aliphatic carbocycles. The van der Waals surface area contributed by atoms with Gasteiger partial charge in [0.2, 0.25) is 0 Å². The first-order chi connectivity index (χ1) is 13.8. The van der Waals surface area contributed by atoms with Gasteiger partial charge in [0.15, 0.2) is 0 Å². The fourth-order valence-corrected chi connectivity index (χ4v) is 3.12. The van der Waals surface area contributed by atoms with Crippen LogP contribution in [0.1, 0.15) is 11.1 Å². The Morgan fingerprint density at radius 2 is 1.86 bits per heavy atom. The molecule has 0 saturated carbocycles. The van der Waals surface area contributed by atoms with E-state index in [4.69, 9.17) is 9.84 Å². The molecule has 28 heavy (non-hydrogen) atoms. The standard InChI is InChI=1S/C23H22N4O/c1-28-22-11-5-7-18(13-22)14-25-16-20-17-27(21-9-3-2-4-10-21)26-23(20)19-8-6-12-24-15-19/h2-13,15,17,25H,14,16H2,1H3. The minimum atomic E-state index is 0.703. The first-order valence-corrected chi connectivity index (χ1v) is 9.21. The fraction of sp³-hybridized carbons (Fsp3) is 0.130. The summed E-state index contributed by atoms with van der Waals surface area (Å²) in [4.78, 5) is 4.25. The summed E-state index contributed by atoms with van der Waals surface area (Å²) in [5.74, 6) is 0.868. The maximum absolute atomic E-state index is 5.30. The zero-order valence-corrected chi connectivity index (χ0v) is 15.7. The molecule has 0 unspecified atom stereocenters. The van der Waals surface area contributed by atoms with E-state index in [1.165, 1.54) is 5.56 Å². The van der Waals surface area contributed by atoms with Gasteiger partial charge >= 0.3 is 0 Å². The summed E-state index contributed by atoms with van der Waals surface area (Å²) in [6.45, 7) is 1.45. The Hall–Kier alpha value is -3.44. The maximum Gasteiger partial charge on any atom is 0.119 e. The minimum absolute atomic E-state index is 0.703. The average molecular weight is 370 g/mol. The van der Waals surface area contributed by atoms with Crippen LogP contribution in [0, 0.1) is 0 Å². The van der Waals surface area contributed by atoms with Crippen LogP contribution in [0.4, 0.5) is 0 Å². The van der Waals surface area contributed by atoms with Gasteiger partial charge in [0, 0.05) is 42.8 Å². The highest BCUT2D eigenvalue weighted by atomic mass is 16.5. The Kier molecular flexibility index (Phi) is 5.45. The van der Waals surface area contributed by atoms with Gasteiger partial charge in [0.1, 0.15) is 5.75 Å². The number of benzene rings is 2. The SMILES string of the molecule is COc1cccc(CNCc2cn(-c3ccccc3)nc2-c2cccnc2)c1. The normalized spacial score (nSPS) is 10.8. The largest absolute Gasteiger partial charge is 0.497 e. The van der Waals surface area contributed by atoms with Gasteiger partial charge in [0.25, 0.3) is 0 Å². The van der Waals surface area contributed by atoms with Crippen molar-refractivity contribution in [3.63, 3.8) is 0 Å². The molecule has 0 radical (unpaired) electrons. The summed E-state index contributed by atoms with van der Waals surface area (Å²) in [5.41, 5.74) is 5.29. The second-order valence-corrected chi connectivity index (χ2v) is 6.48. The van der Waals surface area contributed by atoms with Crippen LogP contribution in [0.2, 0.25) is 0 Å². The van der Waals surface area contributed by atoms with Crippen molar-refractivity contribution < 1.29 is 4.74 Å². The molecule has 2 aromatic carbocycles. The molecule has 0 bridgehead atoms. The van der Waals surface area contributed by atoms with Crippen molar-refractivity contribution in [3.8, 4) is 22.7 Å². The molecule has 0 spiro atoms. The number of pyridine rings is 1. The van der Waals surface area contributed by atoms with E-state index in [1.54, 1.807) is 13.3 Å². The van der Waals surface area contributed by atoms with E-state index in [1.807, 2.05) is 71.5 Å². The molecule has 5 nitrogen and oxygen atoms in total. The number of rotatable bonds is 7. The van der Waals surface area contributed by atoms with Crippen LogP contribution < -0.4 is 10.1 Å². The zero-order valence-electron chi connectivity index (χ0n) is 15.7. The van der Waals surface area contributed by atoms with Gasteiger partial charge in [-0.05, 0) is 42.0 Å². The number of nitrogens with one attached hydrogen (secondary N) is 1.